The summed E-state index contributed by atoms with van der Waals surface area (Å²) in [5.41, 5.74) is 5.66. The first-order valence-electron chi connectivity index (χ1n) is 5.18. The number of likely N-dealkylation sites (N-methyl/N-ethyl adjacent to an activating group) is 1. The molecule has 1 unspecified atom stereocenters. The molecule has 2 N–H and O–H groups in total. The van der Waals surface area contributed by atoms with Gasteiger partial charge in [0.15, 0.2) is 0 Å². The van der Waals surface area contributed by atoms with Gasteiger partial charge in [-0.2, -0.15) is 0 Å². The zero-order valence-electron chi connectivity index (χ0n) is 9.25. The van der Waals surface area contributed by atoms with Gasteiger partial charge < -0.3 is 15.4 Å². The fraction of sp³-hybridized carbons (Fsp3) is 1.00. The fourth-order valence-corrected chi connectivity index (χ4v) is 1.15. The van der Waals surface area contributed by atoms with Crippen molar-refractivity contribution in [2.75, 3.05) is 33.4 Å². The summed E-state index contributed by atoms with van der Waals surface area (Å²) in [6, 6.07) is 0.251. The SMILES string of the molecule is CCCCOCCN(C)CC(C)N. The zero-order valence-corrected chi connectivity index (χ0v) is 9.25. The van der Waals surface area contributed by atoms with Gasteiger partial charge in [-0.05, 0) is 20.4 Å². The minimum absolute atomic E-state index is 0.251. The number of nitrogens with two attached hydrogens (primary N) is 1. The Labute approximate surface area is 82.2 Å². The summed E-state index contributed by atoms with van der Waals surface area (Å²) in [5, 5.41) is 0. The van der Waals surface area contributed by atoms with Crippen molar-refractivity contribution in [3.63, 3.8) is 0 Å². The lowest BCUT2D eigenvalue weighted by atomic mass is 10.3. The van der Waals surface area contributed by atoms with Crippen molar-refractivity contribution in [1.29, 1.82) is 0 Å². The molecule has 0 aromatic carbocycles. The Balaban J connectivity index is 3.12. The second-order valence-corrected chi connectivity index (χ2v) is 3.71. The molecule has 0 spiro atoms. The van der Waals surface area contributed by atoms with Crippen LogP contribution in [0.3, 0.4) is 0 Å². The molecule has 0 fully saturated rings. The van der Waals surface area contributed by atoms with Gasteiger partial charge >= 0.3 is 0 Å². The molecule has 3 heteroatoms. The number of hydrogen-bond donors (Lipinski definition) is 1. The average molecular weight is 188 g/mol. The quantitative estimate of drug-likeness (QED) is 0.579. The van der Waals surface area contributed by atoms with Crippen LogP contribution < -0.4 is 5.73 Å². The standard InChI is InChI=1S/C10H24N2O/c1-4-5-7-13-8-6-12(3)9-10(2)11/h10H,4-9,11H2,1-3H3. The summed E-state index contributed by atoms with van der Waals surface area (Å²) in [6.07, 6.45) is 2.37. The third-order valence-corrected chi connectivity index (χ3v) is 1.86. The third-order valence-electron chi connectivity index (χ3n) is 1.86. The van der Waals surface area contributed by atoms with Crippen molar-refractivity contribution < 1.29 is 4.74 Å². The van der Waals surface area contributed by atoms with Crippen molar-refractivity contribution in [3.05, 3.63) is 0 Å². The Kier molecular flexibility index (Phi) is 8.40. The molecule has 1 atom stereocenters. The molecule has 80 valence electrons. The van der Waals surface area contributed by atoms with Crippen LogP contribution in [0.5, 0.6) is 0 Å². The highest BCUT2D eigenvalue weighted by molar-refractivity contribution is 4.59. The van der Waals surface area contributed by atoms with Gasteiger partial charge in [0.25, 0.3) is 0 Å². The Morgan fingerprint density at radius 3 is 2.62 bits per heavy atom. The smallest absolute Gasteiger partial charge is 0.0593 e. The molecule has 0 aromatic rings. The van der Waals surface area contributed by atoms with Gasteiger partial charge in [-0.3, -0.25) is 0 Å². The Hall–Kier alpha value is -0.120. The van der Waals surface area contributed by atoms with Crippen LogP contribution in [0.15, 0.2) is 0 Å². The highest BCUT2D eigenvalue weighted by Crippen LogP contribution is 1.90. The first-order chi connectivity index (χ1) is 6.16. The van der Waals surface area contributed by atoms with E-state index in [4.69, 9.17) is 10.5 Å². The summed E-state index contributed by atoms with van der Waals surface area (Å²) in [7, 11) is 2.08. The van der Waals surface area contributed by atoms with E-state index in [1.165, 1.54) is 6.42 Å². The molecule has 0 radical (unpaired) electrons. The monoisotopic (exact) mass is 188 g/mol. The van der Waals surface area contributed by atoms with Crippen molar-refractivity contribution in [3.8, 4) is 0 Å². The van der Waals surface area contributed by atoms with Crippen LogP contribution in [0.25, 0.3) is 0 Å². The molecular weight excluding hydrogens is 164 g/mol. The van der Waals surface area contributed by atoms with Gasteiger partial charge in [-0.25, -0.2) is 0 Å². The highest BCUT2D eigenvalue weighted by atomic mass is 16.5. The van der Waals surface area contributed by atoms with Gasteiger partial charge in [0.1, 0.15) is 0 Å². The normalized spacial score (nSPS) is 13.6. The minimum atomic E-state index is 0.251. The van der Waals surface area contributed by atoms with E-state index in [0.29, 0.717) is 0 Å². The topological polar surface area (TPSA) is 38.5 Å². The van der Waals surface area contributed by atoms with E-state index in [1.807, 2.05) is 6.92 Å². The molecule has 3 nitrogen and oxygen atoms in total. The second kappa shape index (κ2) is 8.48. The predicted octanol–water partition coefficient (Wildman–Crippen LogP) is 1.08. The maximum absolute atomic E-state index is 5.66. The lowest BCUT2D eigenvalue weighted by Gasteiger charge is -2.18. The van der Waals surface area contributed by atoms with Gasteiger partial charge in [0, 0.05) is 25.7 Å². The summed E-state index contributed by atoms with van der Waals surface area (Å²) in [5.74, 6) is 0. The molecule has 0 aliphatic rings. The van der Waals surface area contributed by atoms with Crippen molar-refractivity contribution in [2.24, 2.45) is 5.73 Å². The van der Waals surface area contributed by atoms with Crippen LogP contribution in [0, 0.1) is 0 Å². The first kappa shape index (κ1) is 12.9. The first-order valence-corrected chi connectivity index (χ1v) is 5.18. The van der Waals surface area contributed by atoms with E-state index < -0.39 is 0 Å². The minimum Gasteiger partial charge on any atom is -0.380 e. The largest absolute Gasteiger partial charge is 0.380 e. The number of nitrogens with zero attached hydrogens (tertiary/aromatic N) is 1. The van der Waals surface area contributed by atoms with E-state index in [-0.39, 0.29) is 6.04 Å². The molecule has 0 aliphatic heterocycles. The van der Waals surface area contributed by atoms with E-state index in [2.05, 4.69) is 18.9 Å². The molecule has 13 heavy (non-hydrogen) atoms. The molecular formula is C10H24N2O. The average Bonchev–Trinajstić information content (AvgIpc) is 2.02. The van der Waals surface area contributed by atoms with Crippen LogP contribution in [0.2, 0.25) is 0 Å². The predicted molar refractivity (Wildman–Crippen MR) is 56.9 cm³/mol. The van der Waals surface area contributed by atoms with Gasteiger partial charge in [0.05, 0.1) is 6.61 Å². The molecule has 0 bridgehead atoms. The highest BCUT2D eigenvalue weighted by Gasteiger charge is 2.00. The van der Waals surface area contributed by atoms with Crippen LogP contribution in [-0.2, 0) is 4.74 Å². The number of ether oxygens (including phenoxy) is 1. The van der Waals surface area contributed by atoms with Crippen molar-refractivity contribution >= 4 is 0 Å². The maximum atomic E-state index is 5.66. The number of hydrogen-bond acceptors (Lipinski definition) is 3. The molecule has 0 heterocycles. The lowest BCUT2D eigenvalue weighted by Crippen LogP contribution is -2.34. The van der Waals surface area contributed by atoms with E-state index in [1.54, 1.807) is 0 Å². The van der Waals surface area contributed by atoms with Gasteiger partial charge in [-0.1, -0.05) is 13.3 Å². The zero-order chi connectivity index (χ0) is 10.1. The number of unbranched alkanes of at least 4 members (excludes halogenated alkanes) is 1. The maximum Gasteiger partial charge on any atom is 0.0593 e. The molecule has 0 saturated carbocycles. The van der Waals surface area contributed by atoms with Crippen LogP contribution in [-0.4, -0.2) is 44.3 Å². The summed E-state index contributed by atoms with van der Waals surface area (Å²) in [6.45, 7) is 7.83. The summed E-state index contributed by atoms with van der Waals surface area (Å²) >= 11 is 0. The lowest BCUT2D eigenvalue weighted by molar-refractivity contribution is 0.108. The summed E-state index contributed by atoms with van der Waals surface area (Å²) in [4.78, 5) is 2.20. The van der Waals surface area contributed by atoms with E-state index in [0.717, 1.165) is 32.7 Å². The van der Waals surface area contributed by atoms with Crippen LogP contribution in [0.4, 0.5) is 0 Å². The van der Waals surface area contributed by atoms with Crippen molar-refractivity contribution in [1.82, 2.24) is 4.90 Å². The van der Waals surface area contributed by atoms with Gasteiger partial charge in [-0.15, -0.1) is 0 Å². The third kappa shape index (κ3) is 9.80. The Morgan fingerprint density at radius 1 is 1.38 bits per heavy atom. The van der Waals surface area contributed by atoms with E-state index >= 15 is 0 Å². The fourth-order valence-electron chi connectivity index (χ4n) is 1.15. The van der Waals surface area contributed by atoms with Crippen molar-refractivity contribution in [2.45, 2.75) is 32.7 Å². The van der Waals surface area contributed by atoms with Gasteiger partial charge in [0.2, 0.25) is 0 Å². The van der Waals surface area contributed by atoms with Crippen LogP contribution >= 0.6 is 0 Å². The van der Waals surface area contributed by atoms with Crippen LogP contribution in [0.1, 0.15) is 26.7 Å². The second-order valence-electron chi connectivity index (χ2n) is 3.71. The molecule has 0 rings (SSSR count). The Morgan fingerprint density at radius 2 is 2.08 bits per heavy atom. The summed E-state index contributed by atoms with van der Waals surface area (Å²) < 4.78 is 5.44. The Bertz CT molecular complexity index is 107. The molecule has 0 saturated heterocycles. The van der Waals surface area contributed by atoms with E-state index in [9.17, 15) is 0 Å². The molecule has 0 aliphatic carbocycles. The molecule has 0 amide bonds. The number of rotatable bonds is 8. The molecule has 0 aromatic heterocycles.